The van der Waals surface area contributed by atoms with Gasteiger partial charge in [0.15, 0.2) is 5.13 Å². The van der Waals surface area contributed by atoms with Gasteiger partial charge in [0, 0.05) is 12.0 Å². The van der Waals surface area contributed by atoms with E-state index in [9.17, 15) is 9.59 Å². The van der Waals surface area contributed by atoms with Crippen LogP contribution >= 0.6 is 11.3 Å². The third-order valence-corrected chi connectivity index (χ3v) is 6.66. The van der Waals surface area contributed by atoms with E-state index in [1.165, 1.54) is 18.4 Å². The van der Waals surface area contributed by atoms with Gasteiger partial charge in [-0.1, -0.05) is 22.5 Å². The van der Waals surface area contributed by atoms with Crippen molar-refractivity contribution >= 4 is 34.5 Å². The molecule has 5 rings (SSSR count). The predicted octanol–water partition coefficient (Wildman–Crippen LogP) is 3.83. The minimum Gasteiger partial charge on any atom is -0.465 e. The SMILES string of the molecule is COC(=O)c1cccc(-c2nnc(N3C4COCC3c3sc(NC(=O)OC(C)(C)C)nc3C4)o2)c1. The lowest BCUT2D eigenvalue weighted by Crippen LogP contribution is -2.51. The third kappa shape index (κ3) is 4.71. The molecule has 2 aromatic heterocycles. The number of fused-ring (bicyclic) bond motifs is 4. The molecule has 1 fully saturated rings. The molecule has 35 heavy (non-hydrogen) atoms. The third-order valence-electron chi connectivity index (χ3n) is 5.55. The highest BCUT2D eigenvalue weighted by molar-refractivity contribution is 7.16. The van der Waals surface area contributed by atoms with Crippen LogP contribution in [0.25, 0.3) is 11.5 Å². The second kappa shape index (κ2) is 8.93. The molecule has 1 N–H and O–H groups in total. The van der Waals surface area contributed by atoms with E-state index in [1.54, 1.807) is 24.3 Å². The van der Waals surface area contributed by atoms with E-state index in [0.29, 0.717) is 47.8 Å². The molecule has 0 spiro atoms. The molecule has 1 saturated heterocycles. The summed E-state index contributed by atoms with van der Waals surface area (Å²) in [5.41, 5.74) is 1.33. The fourth-order valence-electron chi connectivity index (χ4n) is 4.15. The Morgan fingerprint density at radius 2 is 2.06 bits per heavy atom. The molecular formula is C23H25N5O6S. The van der Waals surface area contributed by atoms with Crippen molar-refractivity contribution in [2.75, 3.05) is 30.5 Å². The molecule has 1 aromatic carbocycles. The van der Waals surface area contributed by atoms with Crippen molar-refractivity contribution in [1.29, 1.82) is 0 Å². The van der Waals surface area contributed by atoms with Crippen LogP contribution in [0.4, 0.5) is 15.9 Å². The van der Waals surface area contributed by atoms with Gasteiger partial charge in [0.05, 0.1) is 48.5 Å². The molecule has 2 unspecified atom stereocenters. The van der Waals surface area contributed by atoms with Gasteiger partial charge in [-0.15, -0.1) is 5.10 Å². The number of ether oxygens (including phenoxy) is 3. The molecule has 1 amide bonds. The van der Waals surface area contributed by atoms with E-state index in [-0.39, 0.29) is 12.1 Å². The number of nitrogens with one attached hydrogen (secondary N) is 1. The molecule has 2 aliphatic heterocycles. The van der Waals surface area contributed by atoms with Gasteiger partial charge in [-0.2, -0.15) is 0 Å². The minimum absolute atomic E-state index is 0.0487. The lowest BCUT2D eigenvalue weighted by Gasteiger charge is -2.43. The van der Waals surface area contributed by atoms with Gasteiger partial charge in [0.1, 0.15) is 5.60 Å². The van der Waals surface area contributed by atoms with Gasteiger partial charge in [-0.25, -0.2) is 14.6 Å². The second-order valence-electron chi connectivity index (χ2n) is 9.24. The first-order chi connectivity index (χ1) is 16.7. The van der Waals surface area contributed by atoms with Gasteiger partial charge in [-0.05, 0) is 39.0 Å². The number of hydrogen-bond acceptors (Lipinski definition) is 11. The molecule has 0 aliphatic carbocycles. The molecule has 4 heterocycles. The van der Waals surface area contributed by atoms with Crippen LogP contribution in [-0.4, -0.2) is 59.2 Å². The van der Waals surface area contributed by atoms with Crippen molar-refractivity contribution in [2.24, 2.45) is 0 Å². The Morgan fingerprint density at radius 1 is 1.23 bits per heavy atom. The summed E-state index contributed by atoms with van der Waals surface area (Å²) in [4.78, 5) is 31.8. The van der Waals surface area contributed by atoms with E-state index >= 15 is 0 Å². The van der Waals surface area contributed by atoms with Gasteiger partial charge in [0.2, 0.25) is 5.89 Å². The van der Waals surface area contributed by atoms with Crippen LogP contribution in [-0.2, 0) is 20.6 Å². The van der Waals surface area contributed by atoms with Gasteiger partial charge >= 0.3 is 18.1 Å². The van der Waals surface area contributed by atoms with Crippen molar-refractivity contribution in [3.8, 4) is 11.5 Å². The normalized spacial score (nSPS) is 19.1. The number of esters is 1. The monoisotopic (exact) mass is 499 g/mol. The maximum atomic E-state index is 12.2. The first-order valence-electron chi connectivity index (χ1n) is 11.1. The van der Waals surface area contributed by atoms with E-state index in [0.717, 1.165) is 10.6 Å². The zero-order valence-corrected chi connectivity index (χ0v) is 20.5. The largest absolute Gasteiger partial charge is 0.465 e. The first-order valence-corrected chi connectivity index (χ1v) is 11.9. The molecule has 2 aliphatic rings. The fourth-order valence-corrected chi connectivity index (χ4v) is 5.21. The molecule has 12 heteroatoms. The number of carbonyl (C=O) groups excluding carboxylic acids is 2. The Morgan fingerprint density at radius 3 is 2.83 bits per heavy atom. The van der Waals surface area contributed by atoms with Crippen LogP contribution in [0, 0.1) is 0 Å². The maximum absolute atomic E-state index is 12.2. The Bertz CT molecular complexity index is 1270. The van der Waals surface area contributed by atoms with Gasteiger partial charge < -0.3 is 23.5 Å². The zero-order chi connectivity index (χ0) is 24.7. The highest BCUT2D eigenvalue weighted by Gasteiger charge is 2.43. The number of amides is 1. The summed E-state index contributed by atoms with van der Waals surface area (Å²) in [6, 6.07) is 6.97. The molecular weight excluding hydrogens is 474 g/mol. The van der Waals surface area contributed by atoms with Crippen molar-refractivity contribution in [1.82, 2.24) is 15.2 Å². The summed E-state index contributed by atoms with van der Waals surface area (Å²) in [7, 11) is 1.33. The number of rotatable bonds is 4. The van der Waals surface area contributed by atoms with Gasteiger partial charge in [-0.3, -0.25) is 5.32 Å². The minimum atomic E-state index is -0.603. The maximum Gasteiger partial charge on any atom is 0.413 e. The first kappa shape index (κ1) is 23.2. The van der Waals surface area contributed by atoms with E-state index in [1.807, 2.05) is 20.8 Å². The van der Waals surface area contributed by atoms with Crippen molar-refractivity contribution in [3.63, 3.8) is 0 Å². The summed E-state index contributed by atoms with van der Waals surface area (Å²) in [6.45, 7) is 6.33. The average molecular weight is 500 g/mol. The second-order valence-corrected chi connectivity index (χ2v) is 10.3. The predicted molar refractivity (Wildman–Crippen MR) is 127 cm³/mol. The topological polar surface area (TPSA) is 129 Å². The number of thiazole rings is 1. The lowest BCUT2D eigenvalue weighted by molar-refractivity contribution is 0.0578. The Balaban J connectivity index is 1.40. The number of hydrogen-bond donors (Lipinski definition) is 1. The quantitative estimate of drug-likeness (QED) is 0.529. The lowest BCUT2D eigenvalue weighted by atomic mass is 9.97. The summed E-state index contributed by atoms with van der Waals surface area (Å²) in [5.74, 6) is -0.144. The summed E-state index contributed by atoms with van der Waals surface area (Å²) >= 11 is 1.38. The van der Waals surface area contributed by atoms with Crippen molar-refractivity contribution in [2.45, 2.75) is 44.9 Å². The van der Waals surface area contributed by atoms with Crippen molar-refractivity contribution in [3.05, 3.63) is 40.4 Å². The van der Waals surface area contributed by atoms with Crippen LogP contribution in [0.3, 0.4) is 0 Å². The summed E-state index contributed by atoms with van der Waals surface area (Å²) in [5, 5.41) is 11.7. The number of carbonyl (C=O) groups is 2. The molecule has 0 radical (unpaired) electrons. The average Bonchev–Trinajstić information content (AvgIpc) is 3.44. The number of anilines is 2. The molecule has 3 aromatic rings. The summed E-state index contributed by atoms with van der Waals surface area (Å²) < 4.78 is 22.0. The van der Waals surface area contributed by atoms with Crippen LogP contribution in [0.5, 0.6) is 0 Å². The standard InChI is InChI=1S/C23H25N5O6S/c1-23(2,3)34-22(30)25-20-24-15-9-14-10-32-11-16(17(15)35-20)28(14)21-27-26-18(33-21)12-6-5-7-13(8-12)19(29)31-4/h5-8,14,16H,9-11H2,1-4H3,(H,24,25,30). The van der Waals surface area contributed by atoms with Crippen molar-refractivity contribution < 1.29 is 28.2 Å². The Kier molecular flexibility index (Phi) is 5.93. The Labute approximate surface area is 205 Å². The van der Waals surface area contributed by atoms with Crippen LogP contribution in [0.1, 0.15) is 47.7 Å². The number of morpholine rings is 1. The molecule has 0 saturated carbocycles. The molecule has 2 atom stereocenters. The van der Waals surface area contributed by atoms with Gasteiger partial charge in [0.25, 0.3) is 0 Å². The summed E-state index contributed by atoms with van der Waals surface area (Å²) in [6.07, 6.45) is 0.0591. The fraction of sp³-hybridized carbons (Fsp3) is 0.435. The van der Waals surface area contributed by atoms with Crippen LogP contribution in [0.15, 0.2) is 28.7 Å². The zero-order valence-electron chi connectivity index (χ0n) is 19.7. The number of aromatic nitrogens is 3. The number of methoxy groups -OCH3 is 1. The molecule has 2 bridgehead atoms. The van der Waals surface area contributed by atoms with Crippen LogP contribution in [0.2, 0.25) is 0 Å². The van der Waals surface area contributed by atoms with Crippen LogP contribution < -0.4 is 10.2 Å². The Hall–Kier alpha value is -3.51. The highest BCUT2D eigenvalue weighted by atomic mass is 32.1. The van der Waals surface area contributed by atoms with E-state index in [4.69, 9.17) is 18.6 Å². The smallest absolute Gasteiger partial charge is 0.413 e. The highest BCUT2D eigenvalue weighted by Crippen LogP contribution is 2.43. The van der Waals surface area contributed by atoms with E-state index < -0.39 is 17.7 Å². The number of nitrogens with zero attached hydrogens (tertiary/aromatic N) is 4. The number of benzene rings is 1. The van der Waals surface area contributed by atoms with E-state index in [2.05, 4.69) is 25.4 Å². The molecule has 11 nitrogen and oxygen atoms in total. The molecule has 184 valence electrons.